The highest BCUT2D eigenvalue weighted by molar-refractivity contribution is 7.17. The third-order valence-electron chi connectivity index (χ3n) is 4.02. The second-order valence-electron chi connectivity index (χ2n) is 5.86. The minimum Gasteiger partial charge on any atom is -0.320 e. The highest BCUT2D eigenvalue weighted by Gasteiger charge is 2.20. The fourth-order valence-corrected chi connectivity index (χ4v) is 3.88. The van der Waals surface area contributed by atoms with Gasteiger partial charge < -0.3 is 5.32 Å². The van der Waals surface area contributed by atoms with Crippen LogP contribution in [-0.2, 0) is 0 Å². The van der Waals surface area contributed by atoms with Crippen LogP contribution in [0, 0.1) is 0 Å². The zero-order chi connectivity index (χ0) is 18.6. The molecule has 0 atom stereocenters. The first-order valence-electron chi connectivity index (χ1n) is 8.40. The van der Waals surface area contributed by atoms with Crippen molar-refractivity contribution in [3.05, 3.63) is 94.8 Å². The number of rotatable bonds is 4. The lowest BCUT2D eigenvalue weighted by Crippen LogP contribution is -2.11. The molecule has 3 aromatic carbocycles. The molecule has 0 unspecified atom stereocenters. The number of benzene rings is 3. The summed E-state index contributed by atoms with van der Waals surface area (Å²) in [6, 6.07) is 26.8. The number of para-hydroxylation sites is 1. The molecule has 1 heterocycles. The lowest BCUT2D eigenvalue weighted by atomic mass is 10.1. The number of carbonyl (C=O) groups is 1. The van der Waals surface area contributed by atoms with Gasteiger partial charge in [0.2, 0.25) is 0 Å². The maximum atomic E-state index is 13.0. The molecule has 1 aromatic heterocycles. The van der Waals surface area contributed by atoms with E-state index in [1.165, 1.54) is 11.3 Å². The molecule has 27 heavy (non-hydrogen) atoms. The lowest BCUT2D eigenvalue weighted by Gasteiger charge is -2.07. The number of amides is 1. The fourth-order valence-electron chi connectivity index (χ4n) is 2.71. The smallest absolute Gasteiger partial charge is 0.268 e. The van der Waals surface area contributed by atoms with Crippen molar-refractivity contribution in [2.75, 3.05) is 5.32 Å². The van der Waals surface area contributed by atoms with E-state index in [4.69, 9.17) is 16.6 Å². The van der Waals surface area contributed by atoms with Crippen LogP contribution in [0.25, 0.3) is 21.8 Å². The van der Waals surface area contributed by atoms with E-state index in [2.05, 4.69) is 5.32 Å². The Balaban J connectivity index is 1.77. The number of anilines is 1. The van der Waals surface area contributed by atoms with Crippen LogP contribution in [-0.4, -0.2) is 10.9 Å². The number of nitrogens with one attached hydrogen (secondary N) is 1. The Morgan fingerprint density at radius 2 is 1.41 bits per heavy atom. The predicted octanol–water partition coefficient (Wildman–Crippen LogP) is 6.38. The van der Waals surface area contributed by atoms with Gasteiger partial charge in [0.15, 0.2) is 0 Å². The maximum Gasteiger partial charge on any atom is 0.268 e. The van der Waals surface area contributed by atoms with Crippen molar-refractivity contribution >= 4 is 34.5 Å². The summed E-state index contributed by atoms with van der Waals surface area (Å²) in [6.07, 6.45) is 0. The molecule has 132 valence electrons. The summed E-state index contributed by atoms with van der Waals surface area (Å²) in [5.74, 6) is -0.221. The molecule has 4 aromatic rings. The van der Waals surface area contributed by atoms with Gasteiger partial charge >= 0.3 is 0 Å². The van der Waals surface area contributed by atoms with Crippen molar-refractivity contribution in [3.8, 4) is 21.8 Å². The van der Waals surface area contributed by atoms with Crippen molar-refractivity contribution in [2.45, 2.75) is 0 Å². The molecule has 0 radical (unpaired) electrons. The van der Waals surface area contributed by atoms with Gasteiger partial charge in [-0.2, -0.15) is 0 Å². The monoisotopic (exact) mass is 390 g/mol. The van der Waals surface area contributed by atoms with Gasteiger partial charge in [0.05, 0.1) is 16.4 Å². The van der Waals surface area contributed by atoms with E-state index >= 15 is 0 Å². The Hall–Kier alpha value is -2.95. The molecule has 1 N–H and O–H groups in total. The molecular weight excluding hydrogens is 376 g/mol. The zero-order valence-corrected chi connectivity index (χ0v) is 15.8. The number of nitrogens with zero attached hydrogens (tertiary/aromatic N) is 1. The molecule has 4 rings (SSSR count). The maximum absolute atomic E-state index is 13.0. The quantitative estimate of drug-likeness (QED) is 0.439. The standard InChI is InChI=1S/C22H15ClN2OS/c23-17-13-7-8-14-18(17)24-21(26)20-19(15-9-3-1-4-10-15)25-22(27-20)16-11-5-2-6-12-16/h1-14H,(H,24,26). The van der Waals surface area contributed by atoms with E-state index in [9.17, 15) is 4.79 Å². The normalized spacial score (nSPS) is 10.6. The van der Waals surface area contributed by atoms with Crippen LogP contribution in [0.3, 0.4) is 0 Å². The first-order valence-corrected chi connectivity index (χ1v) is 9.59. The van der Waals surface area contributed by atoms with Gasteiger partial charge in [-0.1, -0.05) is 84.4 Å². The molecular formula is C22H15ClN2OS. The predicted molar refractivity (Wildman–Crippen MR) is 112 cm³/mol. The summed E-state index contributed by atoms with van der Waals surface area (Å²) >= 11 is 7.56. The molecule has 3 nitrogen and oxygen atoms in total. The molecule has 0 aliphatic rings. The van der Waals surface area contributed by atoms with Crippen molar-refractivity contribution < 1.29 is 4.79 Å². The van der Waals surface area contributed by atoms with Crippen LogP contribution in [0.5, 0.6) is 0 Å². The summed E-state index contributed by atoms with van der Waals surface area (Å²) in [4.78, 5) is 18.3. The molecule has 0 saturated heterocycles. The SMILES string of the molecule is O=C(Nc1ccccc1Cl)c1sc(-c2ccccc2)nc1-c1ccccc1. The number of halogens is 1. The van der Waals surface area contributed by atoms with Crippen molar-refractivity contribution in [2.24, 2.45) is 0 Å². The molecule has 0 aliphatic carbocycles. The van der Waals surface area contributed by atoms with E-state index < -0.39 is 0 Å². The van der Waals surface area contributed by atoms with Crippen LogP contribution in [0.4, 0.5) is 5.69 Å². The second kappa shape index (κ2) is 7.74. The Labute approximate surface area is 166 Å². The fraction of sp³-hybridized carbons (Fsp3) is 0. The topological polar surface area (TPSA) is 42.0 Å². The van der Waals surface area contributed by atoms with Crippen LogP contribution in [0.1, 0.15) is 9.67 Å². The molecule has 0 spiro atoms. The van der Waals surface area contributed by atoms with E-state index in [-0.39, 0.29) is 5.91 Å². The van der Waals surface area contributed by atoms with Crippen LogP contribution < -0.4 is 5.32 Å². The highest BCUT2D eigenvalue weighted by Crippen LogP contribution is 2.34. The van der Waals surface area contributed by atoms with E-state index in [0.29, 0.717) is 21.3 Å². The number of aromatic nitrogens is 1. The van der Waals surface area contributed by atoms with Crippen LogP contribution in [0.15, 0.2) is 84.9 Å². The van der Waals surface area contributed by atoms with E-state index in [1.807, 2.05) is 72.8 Å². The molecule has 0 fully saturated rings. The minimum absolute atomic E-state index is 0.221. The Morgan fingerprint density at radius 3 is 2.07 bits per heavy atom. The average Bonchev–Trinajstić information content (AvgIpc) is 3.17. The summed E-state index contributed by atoms with van der Waals surface area (Å²) in [6.45, 7) is 0. The Bertz CT molecular complexity index is 1080. The average molecular weight is 391 g/mol. The summed E-state index contributed by atoms with van der Waals surface area (Å²) in [7, 11) is 0. The molecule has 1 amide bonds. The number of hydrogen-bond donors (Lipinski definition) is 1. The highest BCUT2D eigenvalue weighted by atomic mass is 35.5. The summed E-state index contributed by atoms with van der Waals surface area (Å²) in [5, 5.41) is 4.21. The van der Waals surface area contributed by atoms with Gasteiger partial charge in [-0.15, -0.1) is 11.3 Å². The molecule has 5 heteroatoms. The van der Waals surface area contributed by atoms with Gasteiger partial charge in [0.25, 0.3) is 5.91 Å². The molecule has 0 bridgehead atoms. The zero-order valence-electron chi connectivity index (χ0n) is 14.2. The van der Waals surface area contributed by atoms with Gasteiger partial charge in [0, 0.05) is 11.1 Å². The van der Waals surface area contributed by atoms with Gasteiger partial charge in [-0.05, 0) is 12.1 Å². The number of carbonyl (C=O) groups excluding carboxylic acids is 1. The lowest BCUT2D eigenvalue weighted by molar-refractivity contribution is 0.103. The van der Waals surface area contributed by atoms with E-state index in [0.717, 1.165) is 16.1 Å². The summed E-state index contributed by atoms with van der Waals surface area (Å²) < 4.78 is 0. The first-order chi connectivity index (χ1) is 13.2. The summed E-state index contributed by atoms with van der Waals surface area (Å²) in [5.41, 5.74) is 3.14. The number of hydrogen-bond acceptors (Lipinski definition) is 3. The van der Waals surface area contributed by atoms with Gasteiger partial charge in [-0.3, -0.25) is 4.79 Å². The third-order valence-corrected chi connectivity index (χ3v) is 5.46. The van der Waals surface area contributed by atoms with Crippen LogP contribution >= 0.6 is 22.9 Å². The minimum atomic E-state index is -0.221. The van der Waals surface area contributed by atoms with Crippen molar-refractivity contribution in [3.63, 3.8) is 0 Å². The molecule has 0 saturated carbocycles. The first kappa shape index (κ1) is 17.5. The van der Waals surface area contributed by atoms with Crippen molar-refractivity contribution in [1.29, 1.82) is 0 Å². The Morgan fingerprint density at radius 1 is 0.815 bits per heavy atom. The molecule has 0 aliphatic heterocycles. The largest absolute Gasteiger partial charge is 0.320 e. The van der Waals surface area contributed by atoms with Gasteiger partial charge in [-0.25, -0.2) is 4.98 Å². The van der Waals surface area contributed by atoms with Crippen molar-refractivity contribution in [1.82, 2.24) is 4.98 Å². The van der Waals surface area contributed by atoms with Gasteiger partial charge in [0.1, 0.15) is 9.88 Å². The second-order valence-corrected chi connectivity index (χ2v) is 7.27. The Kier molecular flexibility index (Phi) is 5.01. The number of thiazole rings is 1. The van der Waals surface area contributed by atoms with E-state index in [1.54, 1.807) is 12.1 Å². The third kappa shape index (κ3) is 3.77. The van der Waals surface area contributed by atoms with Crippen LogP contribution in [0.2, 0.25) is 5.02 Å².